The molecular weight excluding hydrogens is 476 g/mol. The summed E-state index contributed by atoms with van der Waals surface area (Å²) < 4.78 is 28.4. The number of amides is 1. The van der Waals surface area contributed by atoms with E-state index in [1.807, 2.05) is 59.5 Å². The Morgan fingerprint density at radius 1 is 1.03 bits per heavy atom. The molecule has 1 aromatic heterocycles. The summed E-state index contributed by atoms with van der Waals surface area (Å²) in [7, 11) is -3.90. The number of nitrogens with zero attached hydrogens (tertiary/aromatic N) is 2. The van der Waals surface area contributed by atoms with Gasteiger partial charge in [-0.05, 0) is 51.9 Å². The van der Waals surface area contributed by atoms with Gasteiger partial charge in [0.25, 0.3) is 0 Å². The Kier molecular flexibility index (Phi) is 6.56. The number of sulfonamides is 1. The smallest absolute Gasteiger partial charge is 0.243 e. The molecule has 1 amide bonds. The van der Waals surface area contributed by atoms with E-state index in [1.165, 1.54) is 15.3 Å². The van der Waals surface area contributed by atoms with E-state index in [4.69, 9.17) is 0 Å². The van der Waals surface area contributed by atoms with E-state index in [9.17, 15) is 13.2 Å². The highest BCUT2D eigenvalue weighted by atomic mass is 32.2. The standard InChI is InChI=1S/C28H26N2O3S2/c1-2-16-29(35(32,33)24-13-12-21-8-6-7-11-23(21)19-24)20-27(31)30-17-14-26-25(15-18-34-26)28(30)22-9-4-3-5-10-22/h2-13,15,18-19,28H,1,14,16-17,20H2. The van der Waals surface area contributed by atoms with Crippen LogP contribution in [0.25, 0.3) is 10.8 Å². The number of fused-ring (bicyclic) bond motifs is 2. The fourth-order valence-electron chi connectivity index (χ4n) is 4.69. The molecule has 0 aliphatic carbocycles. The van der Waals surface area contributed by atoms with Gasteiger partial charge in [0.1, 0.15) is 0 Å². The van der Waals surface area contributed by atoms with Crippen LogP contribution in [0.15, 0.2) is 102 Å². The van der Waals surface area contributed by atoms with Gasteiger partial charge in [0.05, 0.1) is 17.5 Å². The van der Waals surface area contributed by atoms with Crippen LogP contribution in [0.1, 0.15) is 22.0 Å². The van der Waals surface area contributed by atoms with Crippen LogP contribution in [0, 0.1) is 0 Å². The molecule has 0 radical (unpaired) electrons. The van der Waals surface area contributed by atoms with Crippen LogP contribution in [-0.4, -0.2) is 43.2 Å². The number of rotatable bonds is 7. The number of hydrogen-bond donors (Lipinski definition) is 0. The molecule has 0 fully saturated rings. The Hall–Kier alpha value is -3.26. The Morgan fingerprint density at radius 2 is 1.77 bits per heavy atom. The summed E-state index contributed by atoms with van der Waals surface area (Å²) in [5.74, 6) is -0.220. The Morgan fingerprint density at radius 3 is 2.54 bits per heavy atom. The van der Waals surface area contributed by atoms with Gasteiger partial charge in [-0.15, -0.1) is 17.9 Å². The van der Waals surface area contributed by atoms with E-state index in [1.54, 1.807) is 29.5 Å². The van der Waals surface area contributed by atoms with E-state index in [-0.39, 0.29) is 29.9 Å². The molecule has 1 atom stereocenters. The fourth-order valence-corrected chi connectivity index (χ4v) is 6.99. The van der Waals surface area contributed by atoms with Crippen molar-refractivity contribution in [1.29, 1.82) is 0 Å². The zero-order chi connectivity index (χ0) is 24.4. The molecule has 0 saturated heterocycles. The second-order valence-electron chi connectivity index (χ2n) is 8.54. The Balaban J connectivity index is 1.46. The highest BCUT2D eigenvalue weighted by Gasteiger charge is 2.35. The molecule has 0 spiro atoms. The maximum absolute atomic E-state index is 13.7. The van der Waals surface area contributed by atoms with Gasteiger partial charge >= 0.3 is 0 Å². The lowest BCUT2D eigenvalue weighted by Crippen LogP contribution is -2.46. The lowest BCUT2D eigenvalue weighted by molar-refractivity contribution is -0.133. The first-order valence-corrected chi connectivity index (χ1v) is 13.8. The van der Waals surface area contributed by atoms with Crippen LogP contribution in [0.2, 0.25) is 0 Å². The van der Waals surface area contributed by atoms with E-state index < -0.39 is 10.0 Å². The van der Waals surface area contributed by atoms with Crippen LogP contribution >= 0.6 is 11.3 Å². The van der Waals surface area contributed by atoms with Crippen LogP contribution in [-0.2, 0) is 21.2 Å². The van der Waals surface area contributed by atoms with Gasteiger partial charge in [-0.2, -0.15) is 4.31 Å². The summed E-state index contributed by atoms with van der Waals surface area (Å²) >= 11 is 1.70. The van der Waals surface area contributed by atoms with Gasteiger partial charge in [0, 0.05) is 18.0 Å². The zero-order valence-electron chi connectivity index (χ0n) is 19.2. The maximum Gasteiger partial charge on any atom is 0.243 e. The van der Waals surface area contributed by atoms with Crippen molar-refractivity contribution in [3.05, 3.63) is 113 Å². The minimum absolute atomic E-state index is 0.0500. The summed E-state index contributed by atoms with van der Waals surface area (Å²) in [6.07, 6.45) is 2.29. The van der Waals surface area contributed by atoms with E-state index >= 15 is 0 Å². The number of carbonyl (C=O) groups is 1. The van der Waals surface area contributed by atoms with Gasteiger partial charge in [-0.25, -0.2) is 8.42 Å². The lowest BCUT2D eigenvalue weighted by atomic mass is 9.93. The zero-order valence-corrected chi connectivity index (χ0v) is 20.8. The molecule has 1 unspecified atom stereocenters. The summed E-state index contributed by atoms with van der Waals surface area (Å²) in [6.45, 7) is 4.08. The van der Waals surface area contributed by atoms with Crippen molar-refractivity contribution in [2.75, 3.05) is 19.6 Å². The molecule has 178 valence electrons. The number of carbonyl (C=O) groups excluding carboxylic acids is 1. The normalized spacial score (nSPS) is 15.8. The minimum Gasteiger partial charge on any atom is -0.330 e. The molecular formula is C28H26N2O3S2. The molecule has 5 nitrogen and oxygen atoms in total. The molecule has 0 saturated carbocycles. The summed E-state index contributed by atoms with van der Waals surface area (Å²) in [4.78, 5) is 16.9. The highest BCUT2D eigenvalue weighted by Crippen LogP contribution is 2.38. The molecule has 35 heavy (non-hydrogen) atoms. The topological polar surface area (TPSA) is 57.7 Å². The predicted octanol–water partition coefficient (Wildman–Crippen LogP) is 5.25. The minimum atomic E-state index is -3.90. The SMILES string of the molecule is C=CCN(CC(=O)N1CCc2sccc2C1c1ccccc1)S(=O)(=O)c1ccc2ccccc2c1. The molecule has 5 rings (SSSR count). The van der Waals surface area contributed by atoms with Crippen molar-refractivity contribution in [1.82, 2.24) is 9.21 Å². The van der Waals surface area contributed by atoms with E-state index in [2.05, 4.69) is 18.0 Å². The van der Waals surface area contributed by atoms with Gasteiger partial charge < -0.3 is 4.90 Å². The van der Waals surface area contributed by atoms with Crippen molar-refractivity contribution < 1.29 is 13.2 Å². The van der Waals surface area contributed by atoms with Crippen LogP contribution in [0.3, 0.4) is 0 Å². The first kappa shape index (κ1) is 23.5. The van der Waals surface area contributed by atoms with Crippen LogP contribution in [0.5, 0.6) is 0 Å². The Bertz CT molecular complexity index is 1480. The first-order chi connectivity index (χ1) is 17.0. The van der Waals surface area contributed by atoms with Gasteiger partial charge in [0.15, 0.2) is 0 Å². The molecule has 0 N–H and O–H groups in total. The van der Waals surface area contributed by atoms with Crippen molar-refractivity contribution in [3.63, 3.8) is 0 Å². The van der Waals surface area contributed by atoms with Crippen LogP contribution in [0.4, 0.5) is 0 Å². The number of thiophene rings is 1. The predicted molar refractivity (Wildman–Crippen MR) is 141 cm³/mol. The third-order valence-corrected chi connectivity index (χ3v) is 9.21. The Labute approximate surface area is 210 Å². The lowest BCUT2D eigenvalue weighted by Gasteiger charge is -2.37. The van der Waals surface area contributed by atoms with Gasteiger partial charge in [0.2, 0.25) is 15.9 Å². The molecule has 2 heterocycles. The average molecular weight is 503 g/mol. The van der Waals surface area contributed by atoms with Crippen molar-refractivity contribution in [2.45, 2.75) is 17.4 Å². The average Bonchev–Trinajstić information content (AvgIpc) is 3.37. The van der Waals surface area contributed by atoms with Gasteiger partial charge in [-0.3, -0.25) is 4.79 Å². The third-order valence-electron chi connectivity index (χ3n) is 6.40. The maximum atomic E-state index is 13.7. The molecule has 1 aliphatic heterocycles. The fraction of sp³-hybridized carbons (Fsp3) is 0.179. The molecule has 4 aromatic rings. The molecule has 0 bridgehead atoms. The quantitative estimate of drug-likeness (QED) is 0.324. The summed E-state index contributed by atoms with van der Waals surface area (Å²) in [5.41, 5.74) is 2.14. The summed E-state index contributed by atoms with van der Waals surface area (Å²) in [6, 6.07) is 24.4. The molecule has 1 aliphatic rings. The molecule has 7 heteroatoms. The van der Waals surface area contributed by atoms with E-state index in [0.29, 0.717) is 6.54 Å². The van der Waals surface area contributed by atoms with Crippen molar-refractivity contribution in [3.8, 4) is 0 Å². The van der Waals surface area contributed by atoms with Gasteiger partial charge in [-0.1, -0.05) is 66.7 Å². The van der Waals surface area contributed by atoms with Crippen LogP contribution < -0.4 is 0 Å². The molecule has 3 aromatic carbocycles. The monoisotopic (exact) mass is 502 g/mol. The summed E-state index contributed by atoms with van der Waals surface area (Å²) in [5, 5.41) is 3.86. The second kappa shape index (κ2) is 9.77. The van der Waals surface area contributed by atoms with E-state index in [0.717, 1.165) is 28.3 Å². The van der Waals surface area contributed by atoms with Crippen molar-refractivity contribution >= 4 is 38.0 Å². The first-order valence-electron chi connectivity index (χ1n) is 11.5. The third kappa shape index (κ3) is 4.55. The number of hydrogen-bond acceptors (Lipinski definition) is 4. The van der Waals surface area contributed by atoms with Crippen molar-refractivity contribution in [2.24, 2.45) is 0 Å². The highest BCUT2D eigenvalue weighted by molar-refractivity contribution is 7.89. The second-order valence-corrected chi connectivity index (χ2v) is 11.5. The largest absolute Gasteiger partial charge is 0.330 e. The number of benzene rings is 3.